The van der Waals surface area contributed by atoms with E-state index in [4.69, 9.17) is 5.73 Å². The molecule has 0 aromatic carbocycles. The number of halogens is 1. The molecule has 1 atom stereocenters. The molecule has 0 aliphatic carbocycles. The van der Waals surface area contributed by atoms with E-state index in [1.807, 2.05) is 6.92 Å². The number of nitrogens with two attached hydrogens (primary N) is 1. The zero-order chi connectivity index (χ0) is 12.1. The molecule has 1 rings (SSSR count). The Kier molecular flexibility index (Phi) is 6.76. The maximum atomic E-state index is 11.8. The Labute approximate surface area is 108 Å². The molecule has 0 radical (unpaired) electrons. The molecular weight excluding hydrogens is 238 g/mol. The molecular formula is C12H20ClN3O. The average molecular weight is 258 g/mol. The highest BCUT2D eigenvalue weighted by Crippen LogP contribution is 2.05. The predicted octanol–water partition coefficient (Wildman–Crippen LogP) is 1.74. The molecule has 0 aliphatic rings. The second-order valence-electron chi connectivity index (χ2n) is 4.25. The minimum absolute atomic E-state index is 0. The van der Waals surface area contributed by atoms with Gasteiger partial charge in [0.1, 0.15) is 0 Å². The van der Waals surface area contributed by atoms with Gasteiger partial charge in [0.15, 0.2) is 0 Å². The van der Waals surface area contributed by atoms with Gasteiger partial charge in [0, 0.05) is 24.3 Å². The van der Waals surface area contributed by atoms with Crippen molar-refractivity contribution >= 4 is 18.3 Å². The van der Waals surface area contributed by atoms with Crippen molar-refractivity contribution in [1.29, 1.82) is 0 Å². The molecule has 0 fully saturated rings. The number of nitrogens with one attached hydrogen (secondary N) is 1. The van der Waals surface area contributed by atoms with Crippen molar-refractivity contribution < 1.29 is 4.79 Å². The summed E-state index contributed by atoms with van der Waals surface area (Å²) < 4.78 is 0. The first-order chi connectivity index (χ1) is 7.54. The summed E-state index contributed by atoms with van der Waals surface area (Å²) in [6, 6.07) is 3.58. The van der Waals surface area contributed by atoms with Crippen LogP contribution in [0.25, 0.3) is 0 Å². The summed E-state index contributed by atoms with van der Waals surface area (Å²) in [4.78, 5) is 15.9. The fraction of sp³-hybridized carbons (Fsp3) is 0.500. The van der Waals surface area contributed by atoms with Crippen molar-refractivity contribution in [2.75, 3.05) is 0 Å². The van der Waals surface area contributed by atoms with Crippen molar-refractivity contribution in [3.8, 4) is 0 Å². The fourth-order valence-corrected chi connectivity index (χ4v) is 1.19. The highest BCUT2D eigenvalue weighted by atomic mass is 35.5. The Hall–Kier alpha value is -1.13. The van der Waals surface area contributed by atoms with Gasteiger partial charge in [-0.05, 0) is 25.0 Å². The zero-order valence-electron chi connectivity index (χ0n) is 10.4. The van der Waals surface area contributed by atoms with Crippen LogP contribution in [0.3, 0.4) is 0 Å². The molecule has 96 valence electrons. The normalized spacial score (nSPS) is 11.8. The summed E-state index contributed by atoms with van der Waals surface area (Å²) in [5.41, 5.74) is 6.81. The third kappa shape index (κ3) is 4.71. The molecule has 1 aromatic heterocycles. The largest absolute Gasteiger partial charge is 0.349 e. The molecule has 0 bridgehead atoms. The van der Waals surface area contributed by atoms with E-state index in [0.717, 1.165) is 5.69 Å². The minimum atomic E-state index is -0.0710. The van der Waals surface area contributed by atoms with E-state index in [2.05, 4.69) is 24.1 Å². The summed E-state index contributed by atoms with van der Waals surface area (Å²) in [7, 11) is 0. The van der Waals surface area contributed by atoms with Crippen molar-refractivity contribution in [2.24, 2.45) is 11.7 Å². The van der Waals surface area contributed by atoms with Gasteiger partial charge in [0.25, 0.3) is 5.91 Å². The van der Waals surface area contributed by atoms with Gasteiger partial charge in [-0.15, -0.1) is 12.4 Å². The first-order valence-electron chi connectivity index (χ1n) is 5.50. The fourth-order valence-electron chi connectivity index (χ4n) is 1.19. The van der Waals surface area contributed by atoms with Crippen LogP contribution in [0.5, 0.6) is 0 Å². The van der Waals surface area contributed by atoms with Crippen LogP contribution in [0.15, 0.2) is 18.3 Å². The van der Waals surface area contributed by atoms with E-state index in [0.29, 0.717) is 18.0 Å². The quantitative estimate of drug-likeness (QED) is 0.863. The second kappa shape index (κ2) is 7.25. The number of rotatable bonds is 4. The van der Waals surface area contributed by atoms with E-state index in [1.165, 1.54) is 0 Å². The van der Waals surface area contributed by atoms with Gasteiger partial charge in [-0.1, -0.05) is 13.8 Å². The van der Waals surface area contributed by atoms with E-state index in [9.17, 15) is 4.79 Å². The average Bonchev–Trinajstić information content (AvgIpc) is 2.28. The number of pyridine rings is 1. The molecule has 1 aromatic rings. The van der Waals surface area contributed by atoms with Crippen LogP contribution in [-0.2, 0) is 6.54 Å². The van der Waals surface area contributed by atoms with E-state index < -0.39 is 0 Å². The molecule has 5 heteroatoms. The Morgan fingerprint density at radius 1 is 1.47 bits per heavy atom. The Morgan fingerprint density at radius 2 is 2.12 bits per heavy atom. The third-order valence-electron chi connectivity index (χ3n) is 2.65. The van der Waals surface area contributed by atoms with Crippen LogP contribution in [0.4, 0.5) is 0 Å². The monoisotopic (exact) mass is 257 g/mol. The Morgan fingerprint density at radius 3 is 2.65 bits per heavy atom. The van der Waals surface area contributed by atoms with Gasteiger partial charge in [0.05, 0.1) is 5.69 Å². The van der Waals surface area contributed by atoms with Crippen LogP contribution in [0.1, 0.15) is 36.8 Å². The first kappa shape index (κ1) is 15.9. The van der Waals surface area contributed by atoms with Crippen LogP contribution < -0.4 is 11.1 Å². The van der Waals surface area contributed by atoms with Crippen molar-refractivity contribution in [2.45, 2.75) is 33.4 Å². The molecule has 1 amide bonds. The number of aromatic nitrogens is 1. The maximum absolute atomic E-state index is 11.8. The lowest BCUT2D eigenvalue weighted by Crippen LogP contribution is -2.36. The van der Waals surface area contributed by atoms with Gasteiger partial charge in [0.2, 0.25) is 0 Å². The van der Waals surface area contributed by atoms with Gasteiger partial charge < -0.3 is 11.1 Å². The first-order valence-corrected chi connectivity index (χ1v) is 5.50. The summed E-state index contributed by atoms with van der Waals surface area (Å²) in [5.74, 6) is 0.345. The lowest BCUT2D eigenvalue weighted by atomic mass is 10.1. The SMILES string of the molecule is CC(C)C(C)NC(=O)c1ccnc(CN)c1.Cl. The standard InChI is InChI=1S/C12H19N3O.ClH/c1-8(2)9(3)15-12(16)10-4-5-14-11(6-10)7-13;/h4-6,8-9H,7,13H2,1-3H3,(H,15,16);1H. The Bertz CT molecular complexity index is 369. The van der Waals surface area contributed by atoms with Crippen LogP contribution in [0.2, 0.25) is 0 Å². The van der Waals surface area contributed by atoms with E-state index in [-0.39, 0.29) is 24.4 Å². The molecule has 1 unspecified atom stereocenters. The summed E-state index contributed by atoms with van der Waals surface area (Å²) in [6.07, 6.45) is 1.61. The Balaban J connectivity index is 0.00000256. The summed E-state index contributed by atoms with van der Waals surface area (Å²) in [5, 5.41) is 2.94. The second-order valence-corrected chi connectivity index (χ2v) is 4.25. The zero-order valence-corrected chi connectivity index (χ0v) is 11.3. The van der Waals surface area contributed by atoms with Crippen LogP contribution in [0, 0.1) is 5.92 Å². The summed E-state index contributed by atoms with van der Waals surface area (Å²) in [6.45, 7) is 6.49. The van der Waals surface area contributed by atoms with E-state index >= 15 is 0 Å². The molecule has 0 aliphatic heterocycles. The predicted molar refractivity (Wildman–Crippen MR) is 71.1 cm³/mol. The number of amides is 1. The minimum Gasteiger partial charge on any atom is -0.349 e. The molecule has 1 heterocycles. The maximum Gasteiger partial charge on any atom is 0.251 e. The highest BCUT2D eigenvalue weighted by molar-refractivity contribution is 5.94. The number of hydrogen-bond acceptors (Lipinski definition) is 3. The number of hydrogen-bond donors (Lipinski definition) is 2. The number of carbonyl (C=O) groups is 1. The van der Waals surface area contributed by atoms with Gasteiger partial charge >= 0.3 is 0 Å². The molecule has 0 spiro atoms. The van der Waals surface area contributed by atoms with Gasteiger partial charge in [-0.25, -0.2) is 0 Å². The smallest absolute Gasteiger partial charge is 0.251 e. The number of carbonyl (C=O) groups excluding carboxylic acids is 1. The molecule has 4 nitrogen and oxygen atoms in total. The lowest BCUT2D eigenvalue weighted by molar-refractivity contribution is 0.0930. The molecule has 0 saturated heterocycles. The third-order valence-corrected chi connectivity index (χ3v) is 2.65. The lowest BCUT2D eigenvalue weighted by Gasteiger charge is -2.17. The molecule has 17 heavy (non-hydrogen) atoms. The van der Waals surface area contributed by atoms with Crippen molar-refractivity contribution in [3.05, 3.63) is 29.6 Å². The van der Waals surface area contributed by atoms with Crippen molar-refractivity contribution in [1.82, 2.24) is 10.3 Å². The molecule has 3 N–H and O–H groups in total. The van der Waals surface area contributed by atoms with Crippen molar-refractivity contribution in [3.63, 3.8) is 0 Å². The highest BCUT2D eigenvalue weighted by Gasteiger charge is 2.12. The topological polar surface area (TPSA) is 68.0 Å². The van der Waals surface area contributed by atoms with Crippen LogP contribution in [-0.4, -0.2) is 16.9 Å². The number of nitrogens with zero attached hydrogens (tertiary/aromatic N) is 1. The van der Waals surface area contributed by atoms with E-state index in [1.54, 1.807) is 18.3 Å². The van der Waals surface area contributed by atoms with Gasteiger partial charge in [-0.2, -0.15) is 0 Å². The molecule has 0 saturated carbocycles. The van der Waals surface area contributed by atoms with Gasteiger partial charge in [-0.3, -0.25) is 9.78 Å². The van der Waals surface area contributed by atoms with Crippen LogP contribution >= 0.6 is 12.4 Å². The summed E-state index contributed by atoms with van der Waals surface area (Å²) >= 11 is 0.